The van der Waals surface area contributed by atoms with Crippen molar-refractivity contribution in [1.82, 2.24) is 30.2 Å². The molecule has 0 bridgehead atoms. The Morgan fingerprint density at radius 1 is 1.26 bits per heavy atom. The smallest absolute Gasteiger partial charge is 0.238 e. The minimum atomic E-state index is -0.398. The SMILES string of the molecule is CC(Sc1nnnn1-c1ccccc1)C(=O)Nc1cnccn1. The predicted molar refractivity (Wildman–Crippen MR) is 85.1 cm³/mol. The molecule has 2 heterocycles. The number of carbonyl (C=O) groups excluding carboxylic acids is 1. The number of hydrogen-bond acceptors (Lipinski definition) is 7. The molecule has 0 aliphatic carbocycles. The van der Waals surface area contributed by atoms with Gasteiger partial charge >= 0.3 is 0 Å². The van der Waals surface area contributed by atoms with E-state index >= 15 is 0 Å². The monoisotopic (exact) mass is 327 g/mol. The Balaban J connectivity index is 1.70. The summed E-state index contributed by atoms with van der Waals surface area (Å²) < 4.78 is 1.59. The quantitative estimate of drug-likeness (QED) is 0.710. The Kier molecular flexibility index (Phi) is 4.57. The first kappa shape index (κ1) is 15.1. The number of rotatable bonds is 5. The van der Waals surface area contributed by atoms with Crippen LogP contribution in [0.1, 0.15) is 6.92 Å². The zero-order valence-corrected chi connectivity index (χ0v) is 13.0. The fraction of sp³-hybridized carbons (Fsp3) is 0.143. The van der Waals surface area contributed by atoms with Gasteiger partial charge in [0.05, 0.1) is 17.1 Å². The van der Waals surface area contributed by atoms with Crippen molar-refractivity contribution in [1.29, 1.82) is 0 Å². The number of nitrogens with zero attached hydrogens (tertiary/aromatic N) is 6. The molecule has 1 unspecified atom stereocenters. The van der Waals surface area contributed by atoms with Crippen molar-refractivity contribution in [3.8, 4) is 5.69 Å². The van der Waals surface area contributed by atoms with Gasteiger partial charge < -0.3 is 5.32 Å². The molecule has 0 saturated carbocycles. The number of para-hydroxylation sites is 1. The lowest BCUT2D eigenvalue weighted by atomic mass is 10.3. The first-order chi connectivity index (χ1) is 11.2. The Morgan fingerprint density at radius 2 is 2.09 bits per heavy atom. The van der Waals surface area contributed by atoms with Gasteiger partial charge in [-0.25, -0.2) is 4.98 Å². The summed E-state index contributed by atoms with van der Waals surface area (Å²) in [5.74, 6) is 0.214. The van der Waals surface area contributed by atoms with Crippen LogP contribution in [0.5, 0.6) is 0 Å². The molecule has 116 valence electrons. The third-order valence-corrected chi connectivity index (χ3v) is 3.94. The number of carbonyl (C=O) groups is 1. The molecule has 1 amide bonds. The molecule has 1 atom stereocenters. The topological polar surface area (TPSA) is 98.5 Å². The van der Waals surface area contributed by atoms with E-state index < -0.39 is 5.25 Å². The molecule has 1 N–H and O–H groups in total. The molecule has 0 spiro atoms. The number of anilines is 1. The summed E-state index contributed by atoms with van der Waals surface area (Å²) in [4.78, 5) is 20.1. The third-order valence-electron chi connectivity index (χ3n) is 2.91. The van der Waals surface area contributed by atoms with Gasteiger partial charge in [-0.3, -0.25) is 9.78 Å². The standard InChI is InChI=1S/C14H13N7OS/c1-10(13(22)17-12-9-15-7-8-16-12)23-14-18-19-20-21(14)11-5-3-2-4-6-11/h2-10H,1H3,(H,16,17,22). The molecule has 1 aromatic carbocycles. The van der Waals surface area contributed by atoms with Crippen LogP contribution in [0.4, 0.5) is 5.82 Å². The van der Waals surface area contributed by atoms with Crippen LogP contribution in [0.15, 0.2) is 54.1 Å². The number of aromatic nitrogens is 6. The van der Waals surface area contributed by atoms with Gasteiger partial charge in [0.25, 0.3) is 0 Å². The van der Waals surface area contributed by atoms with E-state index in [0.29, 0.717) is 11.0 Å². The largest absolute Gasteiger partial charge is 0.308 e. The van der Waals surface area contributed by atoms with E-state index in [0.717, 1.165) is 5.69 Å². The summed E-state index contributed by atoms with van der Waals surface area (Å²) in [5.41, 5.74) is 0.835. The average Bonchev–Trinajstić information content (AvgIpc) is 3.04. The summed E-state index contributed by atoms with van der Waals surface area (Å²) in [7, 11) is 0. The van der Waals surface area contributed by atoms with E-state index in [1.165, 1.54) is 24.2 Å². The van der Waals surface area contributed by atoms with Gasteiger partial charge in [0.1, 0.15) is 0 Å². The number of tetrazole rings is 1. The fourth-order valence-corrected chi connectivity index (χ4v) is 2.59. The van der Waals surface area contributed by atoms with Crippen LogP contribution >= 0.6 is 11.8 Å². The van der Waals surface area contributed by atoms with Gasteiger partial charge in [0.2, 0.25) is 11.1 Å². The minimum absolute atomic E-state index is 0.196. The zero-order valence-electron chi connectivity index (χ0n) is 12.2. The number of hydrogen-bond donors (Lipinski definition) is 1. The second-order valence-corrected chi connectivity index (χ2v) is 5.86. The van der Waals surface area contributed by atoms with Crippen molar-refractivity contribution in [2.45, 2.75) is 17.3 Å². The Hall–Kier alpha value is -2.81. The highest BCUT2D eigenvalue weighted by molar-refractivity contribution is 8.00. The van der Waals surface area contributed by atoms with Crippen molar-refractivity contribution in [2.24, 2.45) is 0 Å². The van der Waals surface area contributed by atoms with Crippen molar-refractivity contribution < 1.29 is 4.79 Å². The van der Waals surface area contributed by atoms with Gasteiger partial charge in [0, 0.05) is 12.4 Å². The lowest BCUT2D eigenvalue weighted by molar-refractivity contribution is -0.115. The van der Waals surface area contributed by atoms with Gasteiger partial charge in [-0.05, 0) is 29.5 Å². The van der Waals surface area contributed by atoms with Crippen LogP contribution in [0.2, 0.25) is 0 Å². The zero-order chi connectivity index (χ0) is 16.1. The lowest BCUT2D eigenvalue weighted by Crippen LogP contribution is -2.23. The molecule has 8 nitrogen and oxygen atoms in total. The summed E-state index contributed by atoms with van der Waals surface area (Å²) in [6.07, 6.45) is 4.55. The maximum absolute atomic E-state index is 12.2. The third kappa shape index (κ3) is 3.69. The molecule has 0 saturated heterocycles. The van der Waals surface area contributed by atoms with E-state index in [1.807, 2.05) is 30.3 Å². The van der Waals surface area contributed by atoms with Crippen molar-refractivity contribution in [3.05, 3.63) is 48.9 Å². The highest BCUT2D eigenvalue weighted by Crippen LogP contribution is 2.23. The predicted octanol–water partition coefficient (Wildman–Crippen LogP) is 1.57. The molecule has 3 aromatic rings. The number of amides is 1. The summed E-state index contributed by atoms with van der Waals surface area (Å²) >= 11 is 1.27. The molecule has 2 aromatic heterocycles. The number of thioether (sulfide) groups is 1. The first-order valence-electron chi connectivity index (χ1n) is 6.81. The Morgan fingerprint density at radius 3 is 2.83 bits per heavy atom. The molecule has 0 aliphatic heterocycles. The molecule has 0 radical (unpaired) electrons. The second-order valence-electron chi connectivity index (χ2n) is 4.55. The van der Waals surface area contributed by atoms with E-state index in [-0.39, 0.29) is 5.91 Å². The first-order valence-corrected chi connectivity index (χ1v) is 7.69. The van der Waals surface area contributed by atoms with Crippen molar-refractivity contribution in [3.63, 3.8) is 0 Å². The van der Waals surface area contributed by atoms with Crippen LogP contribution < -0.4 is 5.32 Å². The molecule has 9 heteroatoms. The van der Waals surface area contributed by atoms with E-state index in [4.69, 9.17) is 0 Å². The molecular weight excluding hydrogens is 314 g/mol. The number of nitrogens with one attached hydrogen (secondary N) is 1. The van der Waals surface area contributed by atoms with Gasteiger partial charge in [-0.15, -0.1) is 5.10 Å². The summed E-state index contributed by atoms with van der Waals surface area (Å²) in [6, 6.07) is 9.50. The maximum atomic E-state index is 12.2. The van der Waals surface area contributed by atoms with Crippen LogP contribution in [0.3, 0.4) is 0 Å². The Bertz CT molecular complexity index is 778. The summed E-state index contributed by atoms with van der Waals surface area (Å²) in [6.45, 7) is 1.78. The normalized spacial score (nSPS) is 11.9. The van der Waals surface area contributed by atoms with E-state index in [9.17, 15) is 4.79 Å². The molecule has 23 heavy (non-hydrogen) atoms. The van der Waals surface area contributed by atoms with Crippen LogP contribution in [-0.2, 0) is 4.79 Å². The average molecular weight is 327 g/mol. The maximum Gasteiger partial charge on any atom is 0.238 e. The Labute approximate surface area is 136 Å². The minimum Gasteiger partial charge on any atom is -0.308 e. The number of benzene rings is 1. The van der Waals surface area contributed by atoms with Gasteiger partial charge in [0.15, 0.2) is 5.82 Å². The van der Waals surface area contributed by atoms with Crippen LogP contribution in [-0.4, -0.2) is 41.3 Å². The fourth-order valence-electron chi connectivity index (χ4n) is 1.79. The molecule has 0 fully saturated rings. The van der Waals surface area contributed by atoms with E-state index in [1.54, 1.807) is 17.8 Å². The van der Waals surface area contributed by atoms with E-state index in [2.05, 4.69) is 30.8 Å². The van der Waals surface area contributed by atoms with Gasteiger partial charge in [-0.2, -0.15) is 4.68 Å². The molecular formula is C14H13N7OS. The van der Waals surface area contributed by atoms with Gasteiger partial charge in [-0.1, -0.05) is 30.0 Å². The lowest BCUT2D eigenvalue weighted by Gasteiger charge is -2.10. The molecule has 3 rings (SSSR count). The molecule has 0 aliphatic rings. The highest BCUT2D eigenvalue weighted by atomic mass is 32.2. The summed E-state index contributed by atoms with van der Waals surface area (Å²) in [5, 5.41) is 14.5. The highest BCUT2D eigenvalue weighted by Gasteiger charge is 2.19. The van der Waals surface area contributed by atoms with Crippen molar-refractivity contribution in [2.75, 3.05) is 5.32 Å². The second kappa shape index (κ2) is 6.97. The van der Waals surface area contributed by atoms with Crippen LogP contribution in [0.25, 0.3) is 5.69 Å². The van der Waals surface area contributed by atoms with Crippen molar-refractivity contribution >= 4 is 23.5 Å². The van der Waals surface area contributed by atoms with Crippen LogP contribution in [0, 0.1) is 0 Å².